The van der Waals surface area contributed by atoms with Crippen LogP contribution in [-0.4, -0.2) is 23.1 Å². The lowest BCUT2D eigenvalue weighted by atomic mass is 10.3. The summed E-state index contributed by atoms with van der Waals surface area (Å²) in [6, 6.07) is 4.04. The van der Waals surface area contributed by atoms with Crippen molar-refractivity contribution >= 4 is 23.0 Å². The van der Waals surface area contributed by atoms with Crippen LogP contribution >= 0.6 is 11.3 Å². The number of amides is 1. The Bertz CT molecular complexity index is 383. The SMILES string of the molecule is Cc1ccc(CN2CCC(=O)C2=O)s1. The molecular formula is C10H11NO2S. The number of ketones is 1. The number of hydrogen-bond acceptors (Lipinski definition) is 3. The summed E-state index contributed by atoms with van der Waals surface area (Å²) in [5, 5.41) is 0. The number of thiophene rings is 1. The maximum Gasteiger partial charge on any atom is 0.290 e. The van der Waals surface area contributed by atoms with Crippen LogP contribution in [0.2, 0.25) is 0 Å². The topological polar surface area (TPSA) is 37.4 Å². The van der Waals surface area contributed by atoms with Crippen LogP contribution in [0.4, 0.5) is 0 Å². The molecule has 1 fully saturated rings. The molecule has 1 aliphatic rings. The van der Waals surface area contributed by atoms with Crippen molar-refractivity contribution in [3.05, 3.63) is 21.9 Å². The summed E-state index contributed by atoms with van der Waals surface area (Å²) in [6.45, 7) is 3.20. The van der Waals surface area contributed by atoms with E-state index >= 15 is 0 Å². The van der Waals surface area contributed by atoms with Gasteiger partial charge in [-0.05, 0) is 19.1 Å². The van der Waals surface area contributed by atoms with Gasteiger partial charge in [0.2, 0.25) is 5.78 Å². The van der Waals surface area contributed by atoms with E-state index in [1.807, 2.05) is 19.1 Å². The number of aryl methyl sites for hydroxylation is 1. The highest BCUT2D eigenvalue weighted by molar-refractivity contribution is 7.11. The number of nitrogens with zero attached hydrogens (tertiary/aromatic N) is 1. The average molecular weight is 209 g/mol. The molecule has 0 aliphatic carbocycles. The van der Waals surface area contributed by atoms with Gasteiger partial charge in [0.05, 0.1) is 6.54 Å². The molecule has 1 aliphatic heterocycles. The minimum atomic E-state index is -0.323. The molecule has 0 bridgehead atoms. The van der Waals surface area contributed by atoms with Crippen molar-refractivity contribution in [3.8, 4) is 0 Å². The first kappa shape index (κ1) is 9.40. The van der Waals surface area contributed by atoms with Crippen LogP contribution in [0, 0.1) is 6.92 Å². The highest BCUT2D eigenvalue weighted by Gasteiger charge is 2.29. The van der Waals surface area contributed by atoms with E-state index in [1.54, 1.807) is 16.2 Å². The fraction of sp³-hybridized carbons (Fsp3) is 0.400. The molecule has 4 heteroatoms. The van der Waals surface area contributed by atoms with E-state index < -0.39 is 0 Å². The molecule has 0 N–H and O–H groups in total. The Labute approximate surface area is 86.3 Å². The van der Waals surface area contributed by atoms with Gasteiger partial charge in [-0.25, -0.2) is 0 Å². The van der Waals surface area contributed by atoms with Gasteiger partial charge in [0.1, 0.15) is 0 Å². The summed E-state index contributed by atoms with van der Waals surface area (Å²) >= 11 is 1.67. The van der Waals surface area contributed by atoms with Crippen molar-refractivity contribution in [3.63, 3.8) is 0 Å². The predicted octanol–water partition coefficient (Wildman–Crippen LogP) is 1.36. The number of Topliss-reactive ketones (excluding diaryl/α,β-unsaturated/α-hetero) is 1. The lowest BCUT2D eigenvalue weighted by Crippen LogP contribution is -2.26. The normalized spacial score (nSPS) is 16.8. The van der Waals surface area contributed by atoms with Gasteiger partial charge in [-0.3, -0.25) is 9.59 Å². The van der Waals surface area contributed by atoms with Crippen molar-refractivity contribution in [1.29, 1.82) is 0 Å². The van der Waals surface area contributed by atoms with E-state index in [1.165, 1.54) is 4.88 Å². The Hall–Kier alpha value is -1.16. The number of rotatable bonds is 2. The van der Waals surface area contributed by atoms with Crippen LogP contribution in [0.5, 0.6) is 0 Å². The first-order chi connectivity index (χ1) is 6.66. The third-order valence-electron chi connectivity index (χ3n) is 2.28. The van der Waals surface area contributed by atoms with Gasteiger partial charge < -0.3 is 4.90 Å². The zero-order valence-corrected chi connectivity index (χ0v) is 8.76. The Balaban J connectivity index is 2.05. The molecular weight excluding hydrogens is 198 g/mol. The van der Waals surface area contributed by atoms with Crippen LogP contribution in [-0.2, 0) is 16.1 Å². The van der Waals surface area contributed by atoms with Gasteiger partial charge >= 0.3 is 0 Å². The van der Waals surface area contributed by atoms with Crippen molar-refractivity contribution in [2.75, 3.05) is 6.54 Å². The lowest BCUT2D eigenvalue weighted by Gasteiger charge is -2.12. The van der Waals surface area contributed by atoms with Crippen molar-refractivity contribution in [1.82, 2.24) is 4.90 Å². The number of carbonyl (C=O) groups is 2. The fourth-order valence-corrected chi connectivity index (χ4v) is 2.44. The first-order valence-corrected chi connectivity index (χ1v) is 5.36. The second-order valence-corrected chi connectivity index (χ2v) is 4.78. The van der Waals surface area contributed by atoms with E-state index in [0.29, 0.717) is 19.5 Å². The van der Waals surface area contributed by atoms with Gasteiger partial charge in [0.15, 0.2) is 0 Å². The van der Waals surface area contributed by atoms with Crippen molar-refractivity contribution < 1.29 is 9.59 Å². The summed E-state index contributed by atoms with van der Waals surface area (Å²) in [7, 11) is 0. The molecule has 74 valence electrons. The lowest BCUT2D eigenvalue weighted by molar-refractivity contribution is -0.140. The quantitative estimate of drug-likeness (QED) is 0.690. The first-order valence-electron chi connectivity index (χ1n) is 4.54. The molecule has 0 unspecified atom stereocenters. The van der Waals surface area contributed by atoms with Gasteiger partial charge in [-0.2, -0.15) is 0 Å². The second kappa shape index (κ2) is 3.53. The Morgan fingerprint density at radius 2 is 2.21 bits per heavy atom. The molecule has 0 radical (unpaired) electrons. The van der Waals surface area contributed by atoms with E-state index in [4.69, 9.17) is 0 Å². The summed E-state index contributed by atoms with van der Waals surface area (Å²) in [4.78, 5) is 26.3. The zero-order chi connectivity index (χ0) is 10.1. The summed E-state index contributed by atoms with van der Waals surface area (Å²) < 4.78 is 0. The van der Waals surface area contributed by atoms with Gasteiger partial charge in [-0.1, -0.05) is 0 Å². The molecule has 0 atom stereocenters. The van der Waals surface area contributed by atoms with Crippen LogP contribution in [0.25, 0.3) is 0 Å². The molecule has 0 saturated carbocycles. The van der Waals surface area contributed by atoms with Gasteiger partial charge in [0.25, 0.3) is 5.91 Å². The molecule has 14 heavy (non-hydrogen) atoms. The van der Waals surface area contributed by atoms with Crippen molar-refractivity contribution in [2.24, 2.45) is 0 Å². The summed E-state index contributed by atoms with van der Waals surface area (Å²) in [6.07, 6.45) is 0.378. The minimum Gasteiger partial charge on any atom is -0.331 e. The molecule has 0 spiro atoms. The van der Waals surface area contributed by atoms with Gasteiger partial charge in [-0.15, -0.1) is 11.3 Å². The number of likely N-dealkylation sites (tertiary alicyclic amines) is 1. The fourth-order valence-electron chi connectivity index (χ4n) is 1.53. The predicted molar refractivity (Wildman–Crippen MR) is 54.1 cm³/mol. The minimum absolute atomic E-state index is 0.252. The van der Waals surface area contributed by atoms with Crippen molar-refractivity contribution in [2.45, 2.75) is 19.9 Å². The monoisotopic (exact) mass is 209 g/mol. The standard InChI is InChI=1S/C10H11NO2S/c1-7-2-3-8(14-7)6-11-5-4-9(12)10(11)13/h2-3H,4-6H2,1H3. The molecule has 2 rings (SSSR count). The highest BCUT2D eigenvalue weighted by atomic mass is 32.1. The average Bonchev–Trinajstić information content (AvgIpc) is 2.67. The van der Waals surface area contributed by atoms with E-state index in [9.17, 15) is 9.59 Å². The third kappa shape index (κ3) is 1.70. The molecule has 0 aromatic carbocycles. The zero-order valence-electron chi connectivity index (χ0n) is 7.95. The molecule has 1 amide bonds. The molecule has 1 aromatic heterocycles. The van der Waals surface area contributed by atoms with E-state index in [2.05, 4.69) is 0 Å². The Kier molecular flexibility index (Phi) is 2.37. The van der Waals surface area contributed by atoms with Gasteiger partial charge in [0, 0.05) is 22.7 Å². The van der Waals surface area contributed by atoms with Crippen LogP contribution in [0.1, 0.15) is 16.2 Å². The van der Waals surface area contributed by atoms with E-state index in [0.717, 1.165) is 4.88 Å². The van der Waals surface area contributed by atoms with Crippen LogP contribution < -0.4 is 0 Å². The van der Waals surface area contributed by atoms with Crippen LogP contribution in [0.15, 0.2) is 12.1 Å². The maximum atomic E-state index is 11.3. The third-order valence-corrected chi connectivity index (χ3v) is 3.26. The second-order valence-electron chi connectivity index (χ2n) is 3.41. The summed E-state index contributed by atoms with van der Waals surface area (Å²) in [5.74, 6) is -0.575. The molecule has 1 saturated heterocycles. The summed E-state index contributed by atoms with van der Waals surface area (Å²) in [5.41, 5.74) is 0. The Morgan fingerprint density at radius 1 is 1.43 bits per heavy atom. The number of hydrogen-bond donors (Lipinski definition) is 0. The Morgan fingerprint density at radius 3 is 2.71 bits per heavy atom. The largest absolute Gasteiger partial charge is 0.331 e. The molecule has 1 aromatic rings. The van der Waals surface area contributed by atoms with Crippen LogP contribution in [0.3, 0.4) is 0 Å². The van der Waals surface area contributed by atoms with E-state index in [-0.39, 0.29) is 11.7 Å². The smallest absolute Gasteiger partial charge is 0.290 e. The number of carbonyl (C=O) groups excluding carboxylic acids is 2. The maximum absolute atomic E-state index is 11.3. The molecule has 2 heterocycles. The molecule has 3 nitrogen and oxygen atoms in total. The highest BCUT2D eigenvalue weighted by Crippen LogP contribution is 2.19.